The molecular weight excluding hydrogens is 283 g/mol. The standard InChI is InChI=1S/C16H19FN4O/c17-14-3-1-11(2-4-14)16-19-15(22-20-16)10-21-6-5-12-7-18-8-13(12)9-21/h1-4,12-13,18H,5-10H2. The van der Waals surface area contributed by atoms with E-state index in [0.29, 0.717) is 18.3 Å². The summed E-state index contributed by atoms with van der Waals surface area (Å²) in [7, 11) is 0. The summed E-state index contributed by atoms with van der Waals surface area (Å²) < 4.78 is 18.3. The number of benzene rings is 1. The average Bonchev–Trinajstić information content (AvgIpc) is 3.17. The van der Waals surface area contributed by atoms with E-state index in [9.17, 15) is 4.39 Å². The van der Waals surface area contributed by atoms with Crippen LogP contribution in [0.5, 0.6) is 0 Å². The van der Waals surface area contributed by atoms with Crippen LogP contribution in [0.1, 0.15) is 12.3 Å². The molecule has 116 valence electrons. The summed E-state index contributed by atoms with van der Waals surface area (Å²) in [5.41, 5.74) is 0.773. The van der Waals surface area contributed by atoms with Gasteiger partial charge in [0.05, 0.1) is 6.54 Å². The second-order valence-electron chi connectivity index (χ2n) is 6.22. The van der Waals surface area contributed by atoms with Gasteiger partial charge in [-0.3, -0.25) is 4.90 Å². The van der Waals surface area contributed by atoms with E-state index >= 15 is 0 Å². The van der Waals surface area contributed by atoms with E-state index in [4.69, 9.17) is 4.52 Å². The van der Waals surface area contributed by atoms with Crippen LogP contribution in [0.2, 0.25) is 0 Å². The zero-order chi connectivity index (χ0) is 14.9. The highest BCUT2D eigenvalue weighted by molar-refractivity contribution is 5.53. The van der Waals surface area contributed by atoms with Gasteiger partial charge in [0, 0.05) is 12.1 Å². The van der Waals surface area contributed by atoms with Gasteiger partial charge in [-0.25, -0.2) is 4.39 Å². The third-order valence-corrected chi connectivity index (χ3v) is 4.72. The van der Waals surface area contributed by atoms with Gasteiger partial charge in [0.1, 0.15) is 5.82 Å². The number of rotatable bonds is 3. The summed E-state index contributed by atoms with van der Waals surface area (Å²) in [6.07, 6.45) is 1.23. The molecule has 0 spiro atoms. The Morgan fingerprint density at radius 2 is 2.05 bits per heavy atom. The van der Waals surface area contributed by atoms with E-state index in [1.165, 1.54) is 18.6 Å². The Morgan fingerprint density at radius 1 is 1.23 bits per heavy atom. The molecule has 3 heterocycles. The minimum absolute atomic E-state index is 0.263. The van der Waals surface area contributed by atoms with E-state index < -0.39 is 0 Å². The molecule has 2 aliphatic rings. The van der Waals surface area contributed by atoms with Gasteiger partial charge in [-0.15, -0.1) is 0 Å². The number of piperidine rings is 1. The van der Waals surface area contributed by atoms with Crippen LogP contribution >= 0.6 is 0 Å². The fourth-order valence-electron chi connectivity index (χ4n) is 3.48. The van der Waals surface area contributed by atoms with E-state index in [1.807, 2.05) is 0 Å². The van der Waals surface area contributed by atoms with Gasteiger partial charge in [0.25, 0.3) is 0 Å². The Hall–Kier alpha value is -1.79. The minimum atomic E-state index is -0.263. The van der Waals surface area contributed by atoms with Crippen molar-refractivity contribution in [3.63, 3.8) is 0 Å². The Labute approximate surface area is 128 Å². The van der Waals surface area contributed by atoms with Gasteiger partial charge in [-0.2, -0.15) is 4.98 Å². The highest BCUT2D eigenvalue weighted by atomic mass is 19.1. The van der Waals surface area contributed by atoms with Crippen molar-refractivity contribution in [3.05, 3.63) is 36.0 Å². The number of hydrogen-bond acceptors (Lipinski definition) is 5. The van der Waals surface area contributed by atoms with Crippen LogP contribution in [0.4, 0.5) is 4.39 Å². The molecule has 0 radical (unpaired) electrons. The molecule has 5 nitrogen and oxygen atoms in total. The van der Waals surface area contributed by atoms with Gasteiger partial charge < -0.3 is 9.84 Å². The molecule has 1 N–H and O–H groups in total. The molecule has 2 fully saturated rings. The lowest BCUT2D eigenvalue weighted by Crippen LogP contribution is -2.39. The highest BCUT2D eigenvalue weighted by Gasteiger charge is 2.33. The zero-order valence-corrected chi connectivity index (χ0v) is 12.3. The predicted octanol–water partition coefficient (Wildman–Crippen LogP) is 1.92. The normalized spacial score (nSPS) is 25.3. The number of aromatic nitrogens is 2. The quantitative estimate of drug-likeness (QED) is 0.939. The Morgan fingerprint density at radius 3 is 2.91 bits per heavy atom. The molecule has 2 saturated heterocycles. The molecular formula is C16H19FN4O. The summed E-state index contributed by atoms with van der Waals surface area (Å²) >= 11 is 0. The third-order valence-electron chi connectivity index (χ3n) is 4.72. The number of nitrogens with one attached hydrogen (secondary N) is 1. The smallest absolute Gasteiger partial charge is 0.241 e. The fourth-order valence-corrected chi connectivity index (χ4v) is 3.48. The molecule has 6 heteroatoms. The minimum Gasteiger partial charge on any atom is -0.338 e. The molecule has 1 aromatic carbocycles. The summed E-state index contributed by atoms with van der Waals surface area (Å²) in [5, 5.41) is 7.47. The fraction of sp³-hybridized carbons (Fsp3) is 0.500. The first-order valence-corrected chi connectivity index (χ1v) is 7.79. The Kier molecular flexibility index (Phi) is 3.63. The van der Waals surface area contributed by atoms with Crippen LogP contribution in [0.3, 0.4) is 0 Å². The molecule has 0 bridgehead atoms. The Bertz CT molecular complexity index is 642. The molecule has 0 saturated carbocycles. The molecule has 2 atom stereocenters. The second-order valence-corrected chi connectivity index (χ2v) is 6.22. The predicted molar refractivity (Wildman–Crippen MR) is 79.4 cm³/mol. The molecule has 4 rings (SSSR count). The number of likely N-dealkylation sites (tertiary alicyclic amines) is 1. The molecule has 22 heavy (non-hydrogen) atoms. The Balaban J connectivity index is 1.42. The molecule has 2 aliphatic heterocycles. The van der Waals surface area contributed by atoms with Crippen LogP contribution < -0.4 is 5.32 Å². The van der Waals surface area contributed by atoms with Crippen molar-refractivity contribution < 1.29 is 8.91 Å². The van der Waals surface area contributed by atoms with Crippen molar-refractivity contribution >= 4 is 0 Å². The van der Waals surface area contributed by atoms with Crippen LogP contribution in [0.15, 0.2) is 28.8 Å². The number of halogens is 1. The maximum absolute atomic E-state index is 12.9. The first-order valence-electron chi connectivity index (χ1n) is 7.79. The van der Waals surface area contributed by atoms with Crippen molar-refractivity contribution in [2.24, 2.45) is 11.8 Å². The maximum atomic E-state index is 12.9. The monoisotopic (exact) mass is 302 g/mol. The largest absolute Gasteiger partial charge is 0.338 e. The summed E-state index contributed by atoms with van der Waals surface area (Å²) in [6.45, 7) is 5.14. The SMILES string of the molecule is Fc1ccc(-c2noc(CN3CCC4CNCC4C3)n2)cc1. The molecule has 2 aromatic rings. The van der Waals surface area contributed by atoms with Crippen molar-refractivity contribution in [2.75, 3.05) is 26.2 Å². The van der Waals surface area contributed by atoms with Crippen molar-refractivity contribution in [2.45, 2.75) is 13.0 Å². The lowest BCUT2D eigenvalue weighted by Gasteiger charge is -2.33. The number of fused-ring (bicyclic) bond motifs is 1. The topological polar surface area (TPSA) is 54.2 Å². The maximum Gasteiger partial charge on any atom is 0.241 e. The summed E-state index contributed by atoms with van der Waals surface area (Å²) in [6, 6.07) is 6.14. The van der Waals surface area contributed by atoms with Crippen molar-refractivity contribution in [1.29, 1.82) is 0 Å². The van der Waals surface area contributed by atoms with Gasteiger partial charge in [-0.05, 0) is 62.2 Å². The van der Waals surface area contributed by atoms with Gasteiger partial charge in [0.15, 0.2) is 0 Å². The van der Waals surface area contributed by atoms with Crippen LogP contribution in [-0.2, 0) is 6.54 Å². The first-order chi connectivity index (χ1) is 10.8. The number of hydrogen-bond donors (Lipinski definition) is 1. The van der Waals surface area contributed by atoms with Crippen LogP contribution in [-0.4, -0.2) is 41.2 Å². The van der Waals surface area contributed by atoms with E-state index in [2.05, 4.69) is 20.4 Å². The van der Waals surface area contributed by atoms with Crippen molar-refractivity contribution in [3.8, 4) is 11.4 Å². The van der Waals surface area contributed by atoms with Crippen LogP contribution in [0, 0.1) is 17.7 Å². The van der Waals surface area contributed by atoms with Crippen molar-refractivity contribution in [1.82, 2.24) is 20.4 Å². The molecule has 2 unspecified atom stereocenters. The van der Waals surface area contributed by atoms with Gasteiger partial charge in [0.2, 0.25) is 11.7 Å². The lowest BCUT2D eigenvalue weighted by atomic mass is 9.89. The van der Waals surface area contributed by atoms with Crippen LogP contribution in [0.25, 0.3) is 11.4 Å². The van der Waals surface area contributed by atoms with E-state index in [-0.39, 0.29) is 5.82 Å². The lowest BCUT2D eigenvalue weighted by molar-refractivity contribution is 0.128. The zero-order valence-electron chi connectivity index (χ0n) is 12.3. The molecule has 1 aromatic heterocycles. The molecule has 0 aliphatic carbocycles. The van der Waals surface area contributed by atoms with E-state index in [0.717, 1.165) is 43.6 Å². The summed E-state index contributed by atoms with van der Waals surface area (Å²) in [4.78, 5) is 6.82. The average molecular weight is 302 g/mol. The van der Waals surface area contributed by atoms with E-state index in [1.54, 1.807) is 12.1 Å². The van der Waals surface area contributed by atoms with Gasteiger partial charge >= 0.3 is 0 Å². The molecule has 0 amide bonds. The third kappa shape index (κ3) is 2.76. The highest BCUT2D eigenvalue weighted by Crippen LogP contribution is 2.27. The number of nitrogens with zero attached hydrogens (tertiary/aromatic N) is 3. The summed E-state index contributed by atoms with van der Waals surface area (Å²) in [5.74, 6) is 2.46. The van der Waals surface area contributed by atoms with Gasteiger partial charge in [-0.1, -0.05) is 5.16 Å². The second kappa shape index (κ2) is 5.78. The first kappa shape index (κ1) is 13.8.